The van der Waals surface area contributed by atoms with Gasteiger partial charge in [-0.25, -0.2) is 0 Å². The molecule has 1 aromatic rings. The average Bonchev–Trinajstić information content (AvgIpc) is 2.83. The van der Waals surface area contributed by atoms with E-state index in [1.807, 2.05) is 6.07 Å². The molecule has 4 heteroatoms. The molecule has 3 rings (SSSR count). The van der Waals surface area contributed by atoms with Gasteiger partial charge in [-0.1, -0.05) is 0 Å². The van der Waals surface area contributed by atoms with Crippen LogP contribution < -0.4 is 10.1 Å². The first-order chi connectivity index (χ1) is 9.26. The Morgan fingerprint density at radius 1 is 1.42 bits per heavy atom. The molecule has 0 amide bonds. The third kappa shape index (κ3) is 2.69. The summed E-state index contributed by atoms with van der Waals surface area (Å²) in [5.41, 5.74) is 0.956. The molecule has 2 N–H and O–H groups in total. The molecule has 2 aliphatic heterocycles. The van der Waals surface area contributed by atoms with Gasteiger partial charge in [0.25, 0.3) is 0 Å². The van der Waals surface area contributed by atoms with Crippen LogP contribution in [0.3, 0.4) is 0 Å². The van der Waals surface area contributed by atoms with Crippen LogP contribution in [0.25, 0.3) is 0 Å². The van der Waals surface area contributed by atoms with Crippen molar-refractivity contribution < 1.29 is 9.84 Å². The van der Waals surface area contributed by atoms with Crippen LogP contribution in [0.2, 0.25) is 0 Å². The van der Waals surface area contributed by atoms with E-state index < -0.39 is 0 Å². The van der Waals surface area contributed by atoms with E-state index in [0.29, 0.717) is 11.8 Å². The summed E-state index contributed by atoms with van der Waals surface area (Å²) >= 11 is 0. The zero-order valence-corrected chi connectivity index (χ0v) is 11.4. The highest BCUT2D eigenvalue weighted by atomic mass is 16.5. The summed E-state index contributed by atoms with van der Waals surface area (Å²) in [4.78, 5) is 2.43. The zero-order chi connectivity index (χ0) is 13.2. The minimum atomic E-state index is 0.364. The number of ether oxygens (including phenoxy) is 1. The first-order valence-corrected chi connectivity index (χ1v) is 7.08. The van der Waals surface area contributed by atoms with Gasteiger partial charge in [-0.05, 0) is 43.5 Å². The van der Waals surface area contributed by atoms with Crippen molar-refractivity contribution in [2.45, 2.75) is 25.4 Å². The molecule has 2 fully saturated rings. The predicted octanol–water partition coefficient (Wildman–Crippen LogP) is 1.58. The number of piperidine rings is 1. The summed E-state index contributed by atoms with van der Waals surface area (Å²) in [5, 5.41) is 13.6. The van der Waals surface area contributed by atoms with Crippen LogP contribution in [-0.2, 0) is 6.54 Å². The van der Waals surface area contributed by atoms with Crippen LogP contribution in [-0.4, -0.2) is 42.8 Å². The van der Waals surface area contributed by atoms with Gasteiger partial charge in [-0.3, -0.25) is 4.90 Å². The van der Waals surface area contributed by atoms with Crippen LogP contribution in [0, 0.1) is 5.92 Å². The lowest BCUT2D eigenvalue weighted by molar-refractivity contribution is 0.306. The van der Waals surface area contributed by atoms with Crippen molar-refractivity contribution >= 4 is 0 Å². The Hall–Kier alpha value is -1.26. The van der Waals surface area contributed by atoms with Crippen molar-refractivity contribution in [1.29, 1.82) is 0 Å². The van der Waals surface area contributed by atoms with Gasteiger partial charge in [-0.15, -0.1) is 0 Å². The topological polar surface area (TPSA) is 44.7 Å². The molecule has 104 valence electrons. The second-order valence-electron chi connectivity index (χ2n) is 5.65. The van der Waals surface area contributed by atoms with Gasteiger partial charge in [0.2, 0.25) is 0 Å². The van der Waals surface area contributed by atoms with Gasteiger partial charge in [0.1, 0.15) is 11.5 Å². The number of nitrogens with one attached hydrogen (secondary N) is 1. The fourth-order valence-corrected chi connectivity index (χ4v) is 3.32. The van der Waals surface area contributed by atoms with Gasteiger partial charge < -0.3 is 15.2 Å². The Bertz CT molecular complexity index is 436. The highest BCUT2D eigenvalue weighted by Crippen LogP contribution is 2.29. The number of nitrogens with zero attached hydrogens (tertiary/aromatic N) is 1. The Morgan fingerprint density at radius 3 is 3.11 bits per heavy atom. The molecule has 0 aliphatic carbocycles. The molecule has 2 aliphatic rings. The quantitative estimate of drug-likeness (QED) is 0.868. The molecule has 0 aromatic heterocycles. The van der Waals surface area contributed by atoms with Crippen molar-refractivity contribution in [3.05, 3.63) is 23.8 Å². The van der Waals surface area contributed by atoms with E-state index >= 15 is 0 Å². The first kappa shape index (κ1) is 12.8. The Kier molecular flexibility index (Phi) is 3.62. The number of hydrogen-bond donors (Lipinski definition) is 2. The molecule has 0 spiro atoms. The number of methoxy groups -OCH3 is 1. The minimum absolute atomic E-state index is 0.364. The number of phenolic OH excluding ortho intramolecular Hbond substituents is 1. The lowest BCUT2D eigenvalue weighted by atomic mass is 9.94. The molecule has 2 atom stereocenters. The van der Waals surface area contributed by atoms with E-state index in [0.717, 1.165) is 43.4 Å². The number of hydrogen-bond acceptors (Lipinski definition) is 4. The fraction of sp³-hybridized carbons (Fsp3) is 0.600. The molecule has 0 saturated carbocycles. The largest absolute Gasteiger partial charge is 0.508 e. The number of fused-ring (bicyclic) bond motifs is 1. The molecule has 0 bridgehead atoms. The van der Waals surface area contributed by atoms with Crippen molar-refractivity contribution in [3.63, 3.8) is 0 Å². The zero-order valence-electron chi connectivity index (χ0n) is 11.4. The highest BCUT2D eigenvalue weighted by molar-refractivity contribution is 5.39. The summed E-state index contributed by atoms with van der Waals surface area (Å²) in [6, 6.07) is 6.09. The van der Waals surface area contributed by atoms with E-state index in [2.05, 4.69) is 10.2 Å². The Labute approximate surface area is 114 Å². The van der Waals surface area contributed by atoms with Gasteiger partial charge in [0, 0.05) is 31.2 Å². The predicted molar refractivity (Wildman–Crippen MR) is 74.5 cm³/mol. The van der Waals surface area contributed by atoms with E-state index in [9.17, 15) is 5.11 Å². The third-order valence-corrected chi connectivity index (χ3v) is 4.36. The summed E-state index contributed by atoms with van der Waals surface area (Å²) < 4.78 is 5.23. The van der Waals surface area contributed by atoms with Gasteiger partial charge >= 0.3 is 0 Å². The van der Waals surface area contributed by atoms with E-state index in [1.54, 1.807) is 19.2 Å². The number of benzene rings is 1. The lowest BCUT2D eigenvalue weighted by Gasteiger charge is -2.24. The summed E-state index contributed by atoms with van der Waals surface area (Å²) in [7, 11) is 1.66. The summed E-state index contributed by atoms with van der Waals surface area (Å²) in [5.74, 6) is 1.95. The molecule has 0 radical (unpaired) electrons. The standard InChI is InChI=1S/C15H22N2O2/c1-19-13-4-5-15(18)12(7-13)9-17-8-11-3-2-6-16-14(11)10-17/h4-5,7,11,14,16,18H,2-3,6,8-10H2,1H3/t11-,14+/m0/s1. The maximum Gasteiger partial charge on any atom is 0.120 e. The summed E-state index contributed by atoms with van der Waals surface area (Å²) in [6.07, 6.45) is 2.62. The third-order valence-electron chi connectivity index (χ3n) is 4.36. The maximum absolute atomic E-state index is 9.95. The molecule has 4 nitrogen and oxygen atoms in total. The van der Waals surface area contributed by atoms with Crippen molar-refractivity contribution in [2.24, 2.45) is 5.92 Å². The number of phenols is 1. The van der Waals surface area contributed by atoms with Crippen LogP contribution in [0.1, 0.15) is 18.4 Å². The summed E-state index contributed by atoms with van der Waals surface area (Å²) in [6.45, 7) is 4.17. The van der Waals surface area contributed by atoms with Crippen LogP contribution in [0.15, 0.2) is 18.2 Å². The maximum atomic E-state index is 9.95. The van der Waals surface area contributed by atoms with E-state index in [-0.39, 0.29) is 0 Å². The van der Waals surface area contributed by atoms with Gasteiger partial charge in [-0.2, -0.15) is 0 Å². The molecule has 19 heavy (non-hydrogen) atoms. The van der Waals surface area contributed by atoms with Crippen LogP contribution >= 0.6 is 0 Å². The van der Waals surface area contributed by atoms with Gasteiger partial charge in [0.15, 0.2) is 0 Å². The molecule has 0 unspecified atom stereocenters. The van der Waals surface area contributed by atoms with Crippen molar-refractivity contribution in [3.8, 4) is 11.5 Å². The number of rotatable bonds is 3. The van der Waals surface area contributed by atoms with Crippen LogP contribution in [0.4, 0.5) is 0 Å². The first-order valence-electron chi connectivity index (χ1n) is 7.08. The smallest absolute Gasteiger partial charge is 0.120 e. The molecule has 2 heterocycles. The minimum Gasteiger partial charge on any atom is -0.508 e. The molecular weight excluding hydrogens is 240 g/mol. The second-order valence-corrected chi connectivity index (χ2v) is 5.65. The van der Waals surface area contributed by atoms with E-state index in [4.69, 9.17) is 4.74 Å². The lowest BCUT2D eigenvalue weighted by Crippen LogP contribution is -2.40. The Balaban J connectivity index is 1.68. The fourth-order valence-electron chi connectivity index (χ4n) is 3.32. The van der Waals surface area contributed by atoms with Crippen molar-refractivity contribution in [1.82, 2.24) is 10.2 Å². The highest BCUT2D eigenvalue weighted by Gasteiger charge is 2.34. The van der Waals surface area contributed by atoms with Crippen molar-refractivity contribution in [2.75, 3.05) is 26.7 Å². The van der Waals surface area contributed by atoms with Crippen LogP contribution in [0.5, 0.6) is 11.5 Å². The number of likely N-dealkylation sites (tertiary alicyclic amines) is 1. The Morgan fingerprint density at radius 2 is 2.32 bits per heavy atom. The average molecular weight is 262 g/mol. The molecule has 1 aromatic carbocycles. The monoisotopic (exact) mass is 262 g/mol. The number of aromatic hydroxyl groups is 1. The second kappa shape index (κ2) is 5.39. The molecule has 2 saturated heterocycles. The van der Waals surface area contributed by atoms with E-state index in [1.165, 1.54) is 12.8 Å². The molecular formula is C15H22N2O2. The van der Waals surface area contributed by atoms with Gasteiger partial charge in [0.05, 0.1) is 7.11 Å². The normalized spacial score (nSPS) is 27.2. The SMILES string of the molecule is COc1ccc(O)c(CN2C[C@@H]3CCCN[C@@H]3C2)c1.